The molecule has 0 saturated heterocycles. The highest BCUT2D eigenvalue weighted by molar-refractivity contribution is 7.20. The van der Waals surface area contributed by atoms with Crippen molar-refractivity contribution < 1.29 is 0 Å². The molecular weight excluding hydrogens is 343 g/mol. The third-order valence-electron chi connectivity index (χ3n) is 3.09. The van der Waals surface area contributed by atoms with Crippen LogP contribution in [-0.2, 0) is 6.42 Å². The van der Waals surface area contributed by atoms with Crippen LogP contribution in [0.5, 0.6) is 0 Å². The Morgan fingerprint density at radius 2 is 1.24 bits per heavy atom. The molecule has 2 aromatic carbocycles. The van der Waals surface area contributed by atoms with Crippen LogP contribution in [0.3, 0.4) is 0 Å². The first-order chi connectivity index (χ1) is 10.2. The van der Waals surface area contributed by atoms with Crippen LogP contribution in [0, 0.1) is 0 Å². The van der Waals surface area contributed by atoms with Crippen LogP contribution < -0.4 is 0 Å². The van der Waals surface area contributed by atoms with Crippen LogP contribution in [0.15, 0.2) is 36.4 Å². The number of hydrogen-bond acceptors (Lipinski definition) is 4. The molecule has 4 rings (SSSR count). The molecule has 0 unspecified atom stereocenters. The van der Waals surface area contributed by atoms with E-state index in [4.69, 9.17) is 23.2 Å². The summed E-state index contributed by atoms with van der Waals surface area (Å²) in [6.45, 7) is 0. The summed E-state index contributed by atoms with van der Waals surface area (Å²) in [6.07, 6.45) is 0.744. The van der Waals surface area contributed by atoms with E-state index in [0.29, 0.717) is 0 Å². The fourth-order valence-corrected chi connectivity index (χ4v) is 4.76. The summed E-state index contributed by atoms with van der Waals surface area (Å²) in [5.41, 5.74) is 1.98. The number of aromatic nitrogens is 2. The third kappa shape index (κ3) is 2.64. The highest BCUT2D eigenvalue weighted by Gasteiger charge is 2.09. The molecule has 0 N–H and O–H groups in total. The quantitative estimate of drug-likeness (QED) is 0.456. The van der Waals surface area contributed by atoms with Gasteiger partial charge in [-0.25, -0.2) is 9.97 Å². The molecule has 0 saturated carbocycles. The molecule has 21 heavy (non-hydrogen) atoms. The van der Waals surface area contributed by atoms with Gasteiger partial charge in [-0.15, -0.1) is 22.7 Å². The lowest BCUT2D eigenvalue weighted by atomic mass is 10.3. The molecule has 2 nitrogen and oxygen atoms in total. The zero-order valence-electron chi connectivity index (χ0n) is 10.6. The number of benzene rings is 2. The van der Waals surface area contributed by atoms with E-state index in [0.717, 1.165) is 46.9 Å². The van der Waals surface area contributed by atoms with E-state index in [1.807, 2.05) is 36.4 Å². The van der Waals surface area contributed by atoms with E-state index in [1.165, 1.54) is 0 Å². The Hall–Kier alpha value is -1.20. The summed E-state index contributed by atoms with van der Waals surface area (Å²) < 4.78 is 2.23. The van der Waals surface area contributed by atoms with Crippen LogP contribution in [0.4, 0.5) is 0 Å². The van der Waals surface area contributed by atoms with Gasteiger partial charge in [0.05, 0.1) is 26.9 Å². The van der Waals surface area contributed by atoms with Crippen molar-refractivity contribution in [2.75, 3.05) is 0 Å². The van der Waals surface area contributed by atoms with Gasteiger partial charge in [-0.05, 0) is 36.4 Å². The Labute approximate surface area is 139 Å². The van der Waals surface area contributed by atoms with Crippen molar-refractivity contribution in [2.45, 2.75) is 6.42 Å². The third-order valence-corrected chi connectivity index (χ3v) is 5.60. The Bertz CT molecular complexity index is 881. The highest BCUT2D eigenvalue weighted by atomic mass is 35.5. The van der Waals surface area contributed by atoms with Gasteiger partial charge < -0.3 is 0 Å². The molecule has 0 aliphatic carbocycles. The molecule has 2 aromatic heterocycles. The van der Waals surface area contributed by atoms with Crippen LogP contribution in [0.1, 0.15) is 10.0 Å². The zero-order chi connectivity index (χ0) is 14.4. The summed E-state index contributed by atoms with van der Waals surface area (Å²) in [4.78, 5) is 9.27. The van der Waals surface area contributed by atoms with E-state index in [-0.39, 0.29) is 0 Å². The largest absolute Gasteiger partial charge is 0.241 e. The lowest BCUT2D eigenvalue weighted by Crippen LogP contribution is -1.84. The maximum atomic E-state index is 6.01. The predicted molar refractivity (Wildman–Crippen MR) is 92.1 cm³/mol. The van der Waals surface area contributed by atoms with Crippen LogP contribution in [0.2, 0.25) is 10.0 Å². The highest BCUT2D eigenvalue weighted by Crippen LogP contribution is 2.30. The summed E-state index contributed by atoms with van der Waals surface area (Å²) in [6, 6.07) is 11.6. The number of nitrogens with zero attached hydrogens (tertiary/aromatic N) is 2. The van der Waals surface area contributed by atoms with Crippen molar-refractivity contribution in [2.24, 2.45) is 0 Å². The summed E-state index contributed by atoms with van der Waals surface area (Å²) >= 11 is 15.4. The number of halogens is 2. The average Bonchev–Trinajstić information content (AvgIpc) is 3.00. The maximum Gasteiger partial charge on any atom is 0.101 e. The molecule has 0 aliphatic heterocycles. The molecule has 0 spiro atoms. The molecule has 0 amide bonds. The van der Waals surface area contributed by atoms with Crippen molar-refractivity contribution >= 4 is 66.3 Å². The van der Waals surface area contributed by atoms with Crippen molar-refractivity contribution in [3.8, 4) is 0 Å². The molecule has 2 heterocycles. The minimum Gasteiger partial charge on any atom is -0.241 e. The molecular formula is C15H8Cl2N2S2. The summed E-state index contributed by atoms with van der Waals surface area (Å²) in [7, 11) is 0. The molecule has 0 bridgehead atoms. The van der Waals surface area contributed by atoms with E-state index in [9.17, 15) is 0 Å². The van der Waals surface area contributed by atoms with Gasteiger partial charge in [0.2, 0.25) is 0 Å². The van der Waals surface area contributed by atoms with Crippen LogP contribution in [-0.4, -0.2) is 9.97 Å². The lowest BCUT2D eigenvalue weighted by molar-refractivity contribution is 1.13. The van der Waals surface area contributed by atoms with E-state index in [1.54, 1.807) is 22.7 Å². The van der Waals surface area contributed by atoms with Crippen LogP contribution >= 0.6 is 45.9 Å². The Kier molecular flexibility index (Phi) is 3.34. The van der Waals surface area contributed by atoms with Gasteiger partial charge in [-0.3, -0.25) is 0 Å². The van der Waals surface area contributed by atoms with Gasteiger partial charge >= 0.3 is 0 Å². The van der Waals surface area contributed by atoms with Gasteiger partial charge in [-0.2, -0.15) is 0 Å². The van der Waals surface area contributed by atoms with Crippen molar-refractivity contribution in [3.05, 3.63) is 56.5 Å². The van der Waals surface area contributed by atoms with Gasteiger partial charge in [0.25, 0.3) is 0 Å². The minimum atomic E-state index is 0.743. The molecule has 0 atom stereocenters. The average molecular weight is 351 g/mol. The monoisotopic (exact) mass is 350 g/mol. The van der Waals surface area contributed by atoms with Crippen molar-refractivity contribution in [1.82, 2.24) is 9.97 Å². The second-order valence-electron chi connectivity index (χ2n) is 4.62. The van der Waals surface area contributed by atoms with Gasteiger partial charge in [-0.1, -0.05) is 23.2 Å². The molecule has 0 radical (unpaired) electrons. The SMILES string of the molecule is Clc1ccc2nc(Cc3nc4ccc(Cl)cc4s3)sc2c1. The number of hydrogen-bond donors (Lipinski definition) is 0. The minimum absolute atomic E-state index is 0.743. The molecule has 4 aromatic rings. The molecule has 104 valence electrons. The molecule has 6 heteroatoms. The van der Waals surface area contributed by atoms with Crippen molar-refractivity contribution in [1.29, 1.82) is 0 Å². The standard InChI is InChI=1S/C15H8Cl2N2S2/c16-8-1-3-10-12(5-8)20-14(18-10)7-15-19-11-4-2-9(17)6-13(11)21-15/h1-6H,7H2. The number of thiazole rings is 2. The topological polar surface area (TPSA) is 25.8 Å². The Balaban J connectivity index is 1.71. The molecule has 0 fully saturated rings. The van der Waals surface area contributed by atoms with Gasteiger partial charge in [0.15, 0.2) is 0 Å². The second kappa shape index (κ2) is 5.21. The second-order valence-corrected chi connectivity index (χ2v) is 7.72. The fraction of sp³-hybridized carbons (Fsp3) is 0.0667. The maximum absolute atomic E-state index is 6.01. The number of rotatable bonds is 2. The van der Waals surface area contributed by atoms with Crippen LogP contribution in [0.25, 0.3) is 20.4 Å². The first kappa shape index (κ1) is 13.5. The lowest BCUT2D eigenvalue weighted by Gasteiger charge is -1.88. The van der Waals surface area contributed by atoms with E-state index < -0.39 is 0 Å². The van der Waals surface area contributed by atoms with E-state index >= 15 is 0 Å². The fourth-order valence-electron chi connectivity index (χ4n) is 2.17. The molecule has 0 aliphatic rings. The number of fused-ring (bicyclic) bond motifs is 2. The van der Waals surface area contributed by atoms with Gasteiger partial charge in [0, 0.05) is 10.0 Å². The Morgan fingerprint density at radius 3 is 1.71 bits per heavy atom. The van der Waals surface area contributed by atoms with E-state index in [2.05, 4.69) is 9.97 Å². The summed E-state index contributed by atoms with van der Waals surface area (Å²) in [5.74, 6) is 0. The zero-order valence-corrected chi connectivity index (χ0v) is 13.8. The Morgan fingerprint density at radius 1 is 0.762 bits per heavy atom. The van der Waals surface area contributed by atoms with Crippen molar-refractivity contribution in [3.63, 3.8) is 0 Å². The first-order valence-electron chi connectivity index (χ1n) is 6.27. The predicted octanol–water partition coefficient (Wildman–Crippen LogP) is 5.80. The summed E-state index contributed by atoms with van der Waals surface area (Å²) in [5, 5.41) is 3.59. The smallest absolute Gasteiger partial charge is 0.101 e. The first-order valence-corrected chi connectivity index (χ1v) is 8.66. The van der Waals surface area contributed by atoms with Gasteiger partial charge in [0.1, 0.15) is 10.0 Å². The normalized spacial score (nSPS) is 11.5.